The highest BCUT2D eigenvalue weighted by atomic mass is 16.6. The van der Waals surface area contributed by atoms with Gasteiger partial charge in [-0.1, -0.05) is 0 Å². The van der Waals surface area contributed by atoms with Gasteiger partial charge in [-0.2, -0.15) is 0 Å². The van der Waals surface area contributed by atoms with Crippen molar-refractivity contribution in [2.24, 2.45) is 7.05 Å². The van der Waals surface area contributed by atoms with Gasteiger partial charge in [0.1, 0.15) is 34.8 Å². The van der Waals surface area contributed by atoms with Gasteiger partial charge in [0.2, 0.25) is 0 Å². The molecule has 0 bridgehead atoms. The molecule has 1 aliphatic heterocycles. The Kier molecular flexibility index (Phi) is 7.01. The van der Waals surface area contributed by atoms with Crippen LogP contribution in [0.5, 0.6) is 11.5 Å². The van der Waals surface area contributed by atoms with Gasteiger partial charge >= 0.3 is 6.09 Å². The lowest BCUT2D eigenvalue weighted by molar-refractivity contribution is 0.0240. The third kappa shape index (κ3) is 5.76. The number of nitrogens with zero attached hydrogens (tertiary/aromatic N) is 7. The number of amides is 1. The second kappa shape index (κ2) is 10.8. The van der Waals surface area contributed by atoms with Gasteiger partial charge in [0.15, 0.2) is 5.82 Å². The van der Waals surface area contributed by atoms with Crippen LogP contribution in [0, 0.1) is 6.92 Å². The average molecular weight is 567 g/mol. The number of piperazine rings is 1. The number of carbonyl (C=O) groups excluding carboxylic acids is 1. The maximum absolute atomic E-state index is 12.5. The van der Waals surface area contributed by atoms with Gasteiger partial charge < -0.3 is 29.2 Å². The standard InChI is InChI=1S/C31H34N8O3/c1-20-16-21(6-10-26(20)41-22-7-9-25-24(17-22)34-19-37(25)5)35-29-28-23(32-18-33-29)8-11-27(36-28)38-12-14-39(15-13-38)30(40)42-31(2,3)4/h6-11,16-19H,12-15H2,1-5H3,(H,32,33,35). The average Bonchev–Trinajstić information content (AvgIpc) is 3.33. The molecule has 1 fully saturated rings. The Labute approximate surface area is 244 Å². The SMILES string of the molecule is Cc1cc(Nc2ncnc3ccc(N4CCN(C(=O)OC(C)(C)C)CC4)nc23)ccc1Oc1ccc2c(c1)ncn2C. The Morgan fingerprint density at radius 2 is 1.74 bits per heavy atom. The highest BCUT2D eigenvalue weighted by Gasteiger charge is 2.26. The summed E-state index contributed by atoms with van der Waals surface area (Å²) in [6, 6.07) is 15.7. The number of carbonyl (C=O) groups is 1. The first-order valence-electron chi connectivity index (χ1n) is 13.9. The van der Waals surface area contributed by atoms with E-state index < -0.39 is 5.60 Å². The number of pyridine rings is 1. The van der Waals surface area contributed by atoms with Crippen LogP contribution >= 0.6 is 0 Å². The van der Waals surface area contributed by atoms with Gasteiger partial charge in [0.25, 0.3) is 0 Å². The molecule has 5 aromatic rings. The molecule has 2 aromatic carbocycles. The number of hydrogen-bond donors (Lipinski definition) is 1. The number of anilines is 3. The summed E-state index contributed by atoms with van der Waals surface area (Å²) in [5.74, 6) is 2.92. The summed E-state index contributed by atoms with van der Waals surface area (Å²) < 4.78 is 13.7. The molecule has 0 radical (unpaired) electrons. The molecular formula is C31H34N8O3. The summed E-state index contributed by atoms with van der Waals surface area (Å²) in [6.45, 7) is 10.1. The van der Waals surface area contributed by atoms with Crippen molar-refractivity contribution in [2.45, 2.75) is 33.3 Å². The predicted octanol–water partition coefficient (Wildman–Crippen LogP) is 5.81. The summed E-state index contributed by atoms with van der Waals surface area (Å²) in [5.41, 5.74) is 4.66. The zero-order chi connectivity index (χ0) is 29.4. The Bertz CT molecular complexity index is 1770. The number of hydrogen-bond acceptors (Lipinski definition) is 9. The van der Waals surface area contributed by atoms with Crippen LogP contribution in [0.4, 0.5) is 22.1 Å². The molecule has 1 amide bonds. The second-order valence-corrected chi connectivity index (χ2v) is 11.4. The van der Waals surface area contributed by atoms with Crippen LogP contribution in [0.1, 0.15) is 26.3 Å². The van der Waals surface area contributed by atoms with Crippen molar-refractivity contribution in [2.75, 3.05) is 36.4 Å². The molecule has 0 unspecified atom stereocenters. The normalized spacial score (nSPS) is 13.9. The van der Waals surface area contributed by atoms with Gasteiger partial charge in [0.05, 0.1) is 22.9 Å². The van der Waals surface area contributed by atoms with Crippen LogP contribution in [0.3, 0.4) is 0 Å². The van der Waals surface area contributed by atoms with E-state index in [1.54, 1.807) is 11.2 Å². The molecule has 1 saturated heterocycles. The molecule has 1 aliphatic rings. The number of ether oxygens (including phenoxy) is 2. The van der Waals surface area contributed by atoms with E-state index in [9.17, 15) is 4.79 Å². The van der Waals surface area contributed by atoms with Gasteiger partial charge in [-0.05, 0) is 75.7 Å². The van der Waals surface area contributed by atoms with Crippen LogP contribution in [0.25, 0.3) is 22.1 Å². The first-order valence-corrected chi connectivity index (χ1v) is 13.9. The molecule has 0 spiro atoms. The van der Waals surface area contributed by atoms with E-state index in [0.717, 1.165) is 45.1 Å². The Hall–Kier alpha value is -4.93. The minimum Gasteiger partial charge on any atom is -0.457 e. The number of aromatic nitrogens is 5. The zero-order valence-corrected chi connectivity index (χ0v) is 24.5. The first kappa shape index (κ1) is 27.3. The minimum absolute atomic E-state index is 0.283. The topological polar surface area (TPSA) is 111 Å². The number of aryl methyl sites for hydroxylation is 2. The Morgan fingerprint density at radius 3 is 2.50 bits per heavy atom. The third-order valence-electron chi connectivity index (χ3n) is 7.08. The van der Waals surface area contributed by atoms with Crippen molar-refractivity contribution < 1.29 is 14.3 Å². The lowest BCUT2D eigenvalue weighted by Gasteiger charge is -2.36. The third-order valence-corrected chi connectivity index (χ3v) is 7.08. The quantitative estimate of drug-likeness (QED) is 0.282. The van der Waals surface area contributed by atoms with Gasteiger partial charge in [-0.15, -0.1) is 0 Å². The van der Waals surface area contributed by atoms with E-state index in [-0.39, 0.29) is 6.09 Å². The number of benzene rings is 2. The molecule has 0 aliphatic carbocycles. The predicted molar refractivity (Wildman–Crippen MR) is 163 cm³/mol. The van der Waals surface area contributed by atoms with Crippen molar-refractivity contribution in [3.05, 3.63) is 66.7 Å². The largest absolute Gasteiger partial charge is 0.457 e. The molecule has 42 heavy (non-hydrogen) atoms. The van der Waals surface area contributed by atoms with Gasteiger partial charge in [-0.3, -0.25) is 0 Å². The van der Waals surface area contributed by atoms with Crippen LogP contribution in [0.2, 0.25) is 0 Å². The first-order chi connectivity index (χ1) is 20.1. The van der Waals surface area contributed by atoms with Crippen LogP contribution in [0.15, 0.2) is 61.2 Å². The molecule has 4 heterocycles. The van der Waals surface area contributed by atoms with Crippen LogP contribution < -0.4 is 15.0 Å². The van der Waals surface area contributed by atoms with Gasteiger partial charge in [0, 0.05) is 45.0 Å². The van der Waals surface area contributed by atoms with E-state index in [1.165, 1.54) is 6.33 Å². The fraction of sp³-hybridized carbons (Fsp3) is 0.323. The number of fused-ring (bicyclic) bond motifs is 2. The van der Waals surface area contributed by atoms with Crippen molar-refractivity contribution in [3.8, 4) is 11.5 Å². The molecule has 3 aromatic heterocycles. The van der Waals surface area contributed by atoms with E-state index in [2.05, 4.69) is 25.2 Å². The number of nitrogens with one attached hydrogen (secondary N) is 1. The molecule has 216 valence electrons. The number of imidazole rings is 1. The highest BCUT2D eigenvalue weighted by Crippen LogP contribution is 2.31. The zero-order valence-electron chi connectivity index (χ0n) is 24.5. The summed E-state index contributed by atoms with van der Waals surface area (Å²) in [6.07, 6.45) is 3.04. The van der Waals surface area contributed by atoms with E-state index in [4.69, 9.17) is 14.5 Å². The van der Waals surface area contributed by atoms with Crippen molar-refractivity contribution >= 4 is 45.5 Å². The lowest BCUT2D eigenvalue weighted by atomic mass is 10.2. The van der Waals surface area contributed by atoms with E-state index >= 15 is 0 Å². The second-order valence-electron chi connectivity index (χ2n) is 11.4. The smallest absolute Gasteiger partial charge is 0.410 e. The lowest BCUT2D eigenvalue weighted by Crippen LogP contribution is -2.50. The maximum atomic E-state index is 12.5. The Morgan fingerprint density at radius 1 is 0.929 bits per heavy atom. The van der Waals surface area contributed by atoms with Gasteiger partial charge in [-0.25, -0.2) is 24.7 Å². The van der Waals surface area contributed by atoms with Crippen molar-refractivity contribution in [1.82, 2.24) is 29.4 Å². The van der Waals surface area contributed by atoms with E-state index in [0.29, 0.717) is 37.5 Å². The molecule has 6 rings (SSSR count). The molecule has 1 N–H and O–H groups in total. The van der Waals surface area contributed by atoms with Crippen LogP contribution in [-0.4, -0.2) is 67.3 Å². The number of rotatable bonds is 5. The minimum atomic E-state index is -0.516. The summed E-state index contributed by atoms with van der Waals surface area (Å²) >= 11 is 0. The molecule has 11 heteroatoms. The summed E-state index contributed by atoms with van der Waals surface area (Å²) in [4.78, 5) is 34.6. The fourth-order valence-electron chi connectivity index (χ4n) is 4.93. The summed E-state index contributed by atoms with van der Waals surface area (Å²) in [5, 5.41) is 3.41. The highest BCUT2D eigenvalue weighted by molar-refractivity contribution is 5.88. The maximum Gasteiger partial charge on any atom is 0.410 e. The monoisotopic (exact) mass is 566 g/mol. The Balaban J connectivity index is 1.16. The molecule has 0 atom stereocenters. The van der Waals surface area contributed by atoms with Crippen LogP contribution in [-0.2, 0) is 11.8 Å². The van der Waals surface area contributed by atoms with E-state index in [1.807, 2.05) is 87.8 Å². The summed E-state index contributed by atoms with van der Waals surface area (Å²) in [7, 11) is 1.97. The molecule has 0 saturated carbocycles. The van der Waals surface area contributed by atoms with Crippen molar-refractivity contribution in [1.29, 1.82) is 0 Å². The molecule has 11 nitrogen and oxygen atoms in total. The molecular weight excluding hydrogens is 532 g/mol. The van der Waals surface area contributed by atoms with Crippen molar-refractivity contribution in [3.63, 3.8) is 0 Å². The fourth-order valence-corrected chi connectivity index (χ4v) is 4.93.